The van der Waals surface area contributed by atoms with Crippen molar-refractivity contribution in [1.29, 1.82) is 0 Å². The first kappa shape index (κ1) is 41.4. The van der Waals surface area contributed by atoms with Gasteiger partial charge < -0.3 is 5.11 Å². The molecule has 1 unspecified atom stereocenters. The second-order valence-corrected chi connectivity index (χ2v) is 9.82. The second kappa shape index (κ2) is 26.3. The number of aromatic nitrogens is 2. The Balaban J connectivity index is -0.000000199. The van der Waals surface area contributed by atoms with Crippen LogP contribution < -0.4 is 0 Å². The fourth-order valence-corrected chi connectivity index (χ4v) is 3.67. The molecule has 0 spiro atoms. The summed E-state index contributed by atoms with van der Waals surface area (Å²) in [4.78, 5) is 0. The van der Waals surface area contributed by atoms with E-state index in [9.17, 15) is 0 Å². The summed E-state index contributed by atoms with van der Waals surface area (Å²) in [5, 5.41) is 13.2. The van der Waals surface area contributed by atoms with Crippen LogP contribution in [0.5, 0.6) is 5.75 Å². The van der Waals surface area contributed by atoms with Crippen LogP contribution in [-0.2, 0) is 0 Å². The molecular formula is C33H66N2O. The lowest BCUT2D eigenvalue weighted by molar-refractivity contribution is 0.139. The minimum absolute atomic E-state index is 0. The number of hydrogen-bond acceptors (Lipinski definition) is 2. The van der Waals surface area contributed by atoms with E-state index in [-0.39, 0.29) is 13.2 Å². The molecule has 1 aliphatic carbocycles. The largest absolute Gasteiger partial charge is 0.508 e. The molecule has 1 aliphatic rings. The summed E-state index contributed by atoms with van der Waals surface area (Å²) < 4.78 is 1.82. The number of nitrogens with zero attached hydrogens (tertiary/aromatic N) is 2. The first-order valence-electron chi connectivity index (χ1n) is 14.4. The van der Waals surface area contributed by atoms with E-state index in [1.165, 1.54) is 44.9 Å². The van der Waals surface area contributed by atoms with Crippen molar-refractivity contribution in [3.05, 3.63) is 42.2 Å². The lowest BCUT2D eigenvalue weighted by atomic mass is 9.68. The zero-order chi connectivity index (χ0) is 27.9. The molecule has 3 heteroatoms. The van der Waals surface area contributed by atoms with Crippen LogP contribution in [0.4, 0.5) is 0 Å². The summed E-state index contributed by atoms with van der Waals surface area (Å²) in [6.45, 7) is 28.2. The van der Waals surface area contributed by atoms with Crippen LogP contribution in [0.1, 0.15) is 141 Å². The standard InChI is InChI=1S/C10H10N2O.C10H20.C5H12.C3H8.2C2H6.CH4/c1-8-6-7-11-12(8)9-2-4-10(13)5-3-9;1-8-5-6-10(3,4)7-9(8)2;1-3-5-4-2;1-3-2;2*1-2;/h2-7,13H,1H3;8-9H,5-7H2,1-4H3;3-5H2,1-2H3;3H2,1-2H3;2*1-2H3;1H4/t;8?,9-;;;;;/m.0...../s1. The molecule has 1 aromatic carbocycles. The molecule has 2 atom stereocenters. The van der Waals surface area contributed by atoms with Gasteiger partial charge in [0.15, 0.2) is 0 Å². The number of aromatic hydroxyl groups is 1. The van der Waals surface area contributed by atoms with Gasteiger partial charge in [0.1, 0.15) is 5.75 Å². The Morgan fingerprint density at radius 1 is 0.889 bits per heavy atom. The zero-order valence-corrected chi connectivity index (χ0v) is 25.9. The summed E-state index contributed by atoms with van der Waals surface area (Å²) in [5.74, 6) is 2.19. The van der Waals surface area contributed by atoms with Gasteiger partial charge in [-0.25, -0.2) is 4.68 Å². The van der Waals surface area contributed by atoms with Crippen LogP contribution in [-0.4, -0.2) is 14.9 Å². The molecule has 0 radical (unpaired) electrons. The van der Waals surface area contributed by atoms with E-state index in [0.29, 0.717) is 5.41 Å². The molecule has 3 rings (SSSR count). The van der Waals surface area contributed by atoms with Crippen molar-refractivity contribution in [2.24, 2.45) is 17.3 Å². The third-order valence-corrected chi connectivity index (χ3v) is 5.76. The van der Waals surface area contributed by atoms with Crippen molar-refractivity contribution < 1.29 is 5.11 Å². The Bertz CT molecular complexity index is 671. The summed E-state index contributed by atoms with van der Waals surface area (Å²) in [6, 6.07) is 8.89. The summed E-state index contributed by atoms with van der Waals surface area (Å²) >= 11 is 0. The first-order chi connectivity index (χ1) is 16.6. The minimum Gasteiger partial charge on any atom is -0.508 e. The molecular weight excluding hydrogens is 440 g/mol. The van der Waals surface area contributed by atoms with Crippen molar-refractivity contribution in [2.45, 2.75) is 142 Å². The van der Waals surface area contributed by atoms with E-state index in [1.54, 1.807) is 18.3 Å². The average Bonchev–Trinajstić information content (AvgIpc) is 3.27. The molecule has 1 aromatic heterocycles. The van der Waals surface area contributed by atoms with Crippen molar-refractivity contribution in [3.63, 3.8) is 0 Å². The average molecular weight is 507 g/mol. The van der Waals surface area contributed by atoms with E-state index in [2.05, 4.69) is 60.5 Å². The molecule has 36 heavy (non-hydrogen) atoms. The Morgan fingerprint density at radius 3 is 1.67 bits per heavy atom. The SMILES string of the molecule is C.CC.CC.CC1CCC(C)(C)C[C@@H]1C.CCC.CCCCC.Cc1ccnn1-c1ccc(O)cc1. The number of aryl methyl sites for hydroxylation is 1. The maximum atomic E-state index is 9.09. The van der Waals surface area contributed by atoms with E-state index < -0.39 is 0 Å². The van der Waals surface area contributed by atoms with Gasteiger partial charge in [-0.3, -0.25) is 0 Å². The highest BCUT2D eigenvalue weighted by molar-refractivity contribution is 5.37. The normalized spacial score (nSPS) is 16.7. The fourth-order valence-electron chi connectivity index (χ4n) is 3.67. The molecule has 1 fully saturated rings. The van der Waals surface area contributed by atoms with Gasteiger partial charge in [0.25, 0.3) is 0 Å². The van der Waals surface area contributed by atoms with Gasteiger partial charge in [0.05, 0.1) is 5.69 Å². The van der Waals surface area contributed by atoms with Gasteiger partial charge in [-0.1, -0.05) is 116 Å². The Hall–Kier alpha value is -1.77. The topological polar surface area (TPSA) is 38.0 Å². The van der Waals surface area contributed by atoms with Crippen LogP contribution in [0.15, 0.2) is 36.5 Å². The summed E-state index contributed by atoms with van der Waals surface area (Å²) in [7, 11) is 0. The van der Waals surface area contributed by atoms with Gasteiger partial charge in [-0.15, -0.1) is 0 Å². The smallest absolute Gasteiger partial charge is 0.115 e. The maximum Gasteiger partial charge on any atom is 0.115 e. The van der Waals surface area contributed by atoms with E-state index >= 15 is 0 Å². The zero-order valence-electron chi connectivity index (χ0n) is 25.9. The van der Waals surface area contributed by atoms with E-state index in [0.717, 1.165) is 23.2 Å². The Kier molecular flexibility index (Phi) is 30.2. The van der Waals surface area contributed by atoms with Crippen molar-refractivity contribution in [1.82, 2.24) is 9.78 Å². The highest BCUT2D eigenvalue weighted by Gasteiger charge is 2.29. The van der Waals surface area contributed by atoms with Crippen molar-refractivity contribution >= 4 is 0 Å². The molecule has 0 amide bonds. The molecule has 0 aliphatic heterocycles. The molecule has 1 heterocycles. The van der Waals surface area contributed by atoms with Gasteiger partial charge in [0.2, 0.25) is 0 Å². The third kappa shape index (κ3) is 20.4. The quantitative estimate of drug-likeness (QED) is 0.449. The lowest BCUT2D eigenvalue weighted by Crippen LogP contribution is -2.26. The predicted octanol–water partition coefficient (Wildman–Crippen LogP) is 11.7. The maximum absolute atomic E-state index is 9.09. The molecule has 0 bridgehead atoms. The minimum atomic E-state index is 0. The number of benzene rings is 1. The molecule has 0 saturated heterocycles. The van der Waals surface area contributed by atoms with Crippen LogP contribution >= 0.6 is 0 Å². The number of rotatable bonds is 3. The second-order valence-electron chi connectivity index (χ2n) is 9.82. The van der Waals surface area contributed by atoms with Gasteiger partial charge in [0, 0.05) is 11.9 Å². The Labute approximate surface area is 228 Å². The van der Waals surface area contributed by atoms with E-state index in [4.69, 9.17) is 5.11 Å². The lowest BCUT2D eigenvalue weighted by Gasteiger charge is -2.37. The van der Waals surface area contributed by atoms with Crippen molar-refractivity contribution in [3.8, 4) is 11.4 Å². The molecule has 1 N–H and O–H groups in total. The molecule has 1 saturated carbocycles. The number of phenols is 1. The third-order valence-electron chi connectivity index (χ3n) is 5.76. The summed E-state index contributed by atoms with van der Waals surface area (Å²) in [6.07, 6.45) is 11.4. The predicted molar refractivity (Wildman–Crippen MR) is 167 cm³/mol. The Morgan fingerprint density at radius 2 is 1.36 bits per heavy atom. The van der Waals surface area contributed by atoms with Crippen LogP contribution in [0.3, 0.4) is 0 Å². The fraction of sp³-hybridized carbons (Fsp3) is 0.727. The van der Waals surface area contributed by atoms with Crippen molar-refractivity contribution in [2.75, 3.05) is 0 Å². The monoisotopic (exact) mass is 507 g/mol. The van der Waals surface area contributed by atoms with Crippen LogP contribution in [0.25, 0.3) is 5.69 Å². The molecule has 214 valence electrons. The molecule has 2 aromatic rings. The van der Waals surface area contributed by atoms with Crippen LogP contribution in [0, 0.1) is 24.2 Å². The summed E-state index contributed by atoms with van der Waals surface area (Å²) in [5.41, 5.74) is 2.66. The first-order valence-corrected chi connectivity index (χ1v) is 14.4. The number of hydrogen-bond donors (Lipinski definition) is 1. The molecule has 3 nitrogen and oxygen atoms in total. The number of unbranched alkanes of at least 4 members (excludes halogenated alkanes) is 2. The number of phenolic OH excluding ortho intramolecular Hbond substituents is 1. The van der Waals surface area contributed by atoms with Gasteiger partial charge in [-0.05, 0) is 73.8 Å². The highest BCUT2D eigenvalue weighted by atomic mass is 16.3. The van der Waals surface area contributed by atoms with Gasteiger partial charge >= 0.3 is 0 Å². The van der Waals surface area contributed by atoms with E-state index in [1.807, 2.05) is 57.5 Å². The van der Waals surface area contributed by atoms with Gasteiger partial charge in [-0.2, -0.15) is 5.10 Å². The highest BCUT2D eigenvalue weighted by Crippen LogP contribution is 2.41. The van der Waals surface area contributed by atoms with Crippen LogP contribution in [0.2, 0.25) is 0 Å².